The number of aromatic nitrogens is 9. The highest BCUT2D eigenvalue weighted by Gasteiger charge is 2.23. The minimum absolute atomic E-state index is 0.190. The smallest absolute Gasteiger partial charge is 0.177 e. The number of benzene rings is 1. The Morgan fingerprint density at radius 3 is 2.37 bits per heavy atom. The van der Waals surface area contributed by atoms with Crippen molar-refractivity contribution in [3.63, 3.8) is 0 Å². The first-order valence-electron chi connectivity index (χ1n) is 7.88. The zero-order valence-corrected chi connectivity index (χ0v) is 14.1. The Hall–Kier alpha value is -3.73. The summed E-state index contributed by atoms with van der Waals surface area (Å²) >= 11 is 0. The molecule has 0 radical (unpaired) electrons. The molecule has 3 aromatic heterocycles. The van der Waals surface area contributed by atoms with Crippen molar-refractivity contribution in [3.8, 4) is 5.69 Å². The Balaban J connectivity index is 1.85. The summed E-state index contributed by atoms with van der Waals surface area (Å²) in [5.74, 6) is -0.545. The third kappa shape index (κ3) is 3.11. The lowest BCUT2D eigenvalue weighted by Crippen LogP contribution is -2.15. The highest BCUT2D eigenvalue weighted by atomic mass is 19.1. The molecule has 0 saturated carbocycles. The van der Waals surface area contributed by atoms with Crippen LogP contribution >= 0.6 is 0 Å². The molecule has 3 heterocycles. The first-order chi connectivity index (χ1) is 13.1. The summed E-state index contributed by atoms with van der Waals surface area (Å²) in [7, 11) is 0. The van der Waals surface area contributed by atoms with Crippen LogP contribution in [0.4, 0.5) is 4.39 Å². The van der Waals surface area contributed by atoms with Crippen LogP contribution in [0.1, 0.15) is 18.7 Å². The van der Waals surface area contributed by atoms with E-state index in [-0.39, 0.29) is 11.1 Å². The van der Waals surface area contributed by atoms with Crippen molar-refractivity contribution in [3.05, 3.63) is 67.5 Å². The van der Waals surface area contributed by atoms with Gasteiger partial charge < -0.3 is 5.11 Å². The third-order valence-corrected chi connectivity index (χ3v) is 4.02. The van der Waals surface area contributed by atoms with Gasteiger partial charge in [0.15, 0.2) is 6.23 Å². The number of hydrogen-bond acceptors (Lipinski definition) is 7. The fourth-order valence-corrected chi connectivity index (χ4v) is 2.71. The normalized spacial score (nSPS) is 13.4. The fraction of sp³-hybridized carbons (Fsp3) is 0.125. The molecule has 1 N–H and O–H groups in total. The minimum atomic E-state index is -1.27. The predicted molar refractivity (Wildman–Crippen MR) is 91.4 cm³/mol. The van der Waals surface area contributed by atoms with Crippen molar-refractivity contribution in [1.82, 2.24) is 44.3 Å². The van der Waals surface area contributed by atoms with Gasteiger partial charge in [-0.05, 0) is 19.1 Å². The average Bonchev–Trinajstić information content (AvgIpc) is 3.45. The second kappa shape index (κ2) is 6.88. The Bertz CT molecular complexity index is 1060. The molecular weight excluding hydrogens is 353 g/mol. The highest BCUT2D eigenvalue weighted by Crippen LogP contribution is 2.32. The average molecular weight is 367 g/mol. The third-order valence-electron chi connectivity index (χ3n) is 4.02. The Morgan fingerprint density at radius 2 is 1.74 bits per heavy atom. The van der Waals surface area contributed by atoms with Crippen LogP contribution in [0.3, 0.4) is 0 Å². The predicted octanol–water partition coefficient (Wildman–Crippen LogP) is 1.17. The van der Waals surface area contributed by atoms with Gasteiger partial charge in [-0.2, -0.15) is 15.3 Å². The van der Waals surface area contributed by atoms with E-state index in [1.54, 1.807) is 19.1 Å². The topological polar surface area (TPSA) is 112 Å². The molecule has 11 heteroatoms. The molecule has 0 aliphatic rings. The maximum atomic E-state index is 15.0. The molecule has 1 unspecified atom stereocenters. The molecule has 0 aliphatic heterocycles. The van der Waals surface area contributed by atoms with Gasteiger partial charge in [0.1, 0.15) is 43.8 Å². The van der Waals surface area contributed by atoms with Crippen LogP contribution in [0.25, 0.3) is 17.0 Å². The van der Waals surface area contributed by atoms with Gasteiger partial charge in [-0.1, -0.05) is 0 Å². The molecule has 0 spiro atoms. The van der Waals surface area contributed by atoms with Crippen LogP contribution in [0, 0.1) is 5.82 Å². The molecule has 0 aliphatic carbocycles. The molecule has 10 nitrogen and oxygen atoms in total. The van der Waals surface area contributed by atoms with Gasteiger partial charge in [-0.3, -0.25) is 0 Å². The van der Waals surface area contributed by atoms with Gasteiger partial charge >= 0.3 is 0 Å². The molecule has 0 bridgehead atoms. The van der Waals surface area contributed by atoms with E-state index in [1.165, 1.54) is 58.1 Å². The molecule has 4 aromatic rings. The van der Waals surface area contributed by atoms with Crippen molar-refractivity contribution in [1.29, 1.82) is 0 Å². The van der Waals surface area contributed by atoms with Crippen LogP contribution in [0.2, 0.25) is 0 Å². The molecule has 4 rings (SSSR count). The van der Waals surface area contributed by atoms with E-state index in [4.69, 9.17) is 0 Å². The number of nitrogens with zero attached hydrogens (tertiary/aromatic N) is 9. The summed E-state index contributed by atoms with van der Waals surface area (Å²) in [5.41, 5.74) is 1.45. The summed E-state index contributed by atoms with van der Waals surface area (Å²) in [6.07, 6.45) is 7.01. The van der Waals surface area contributed by atoms with Gasteiger partial charge in [-0.25, -0.2) is 33.4 Å². The summed E-state index contributed by atoms with van der Waals surface area (Å²) in [5, 5.41) is 22.8. The van der Waals surface area contributed by atoms with Crippen LogP contribution in [-0.4, -0.2) is 49.4 Å². The van der Waals surface area contributed by atoms with Gasteiger partial charge in [-0.15, -0.1) is 0 Å². The monoisotopic (exact) mass is 367 g/mol. The number of allylic oxidation sites excluding steroid dienone is 1. The van der Waals surface area contributed by atoms with E-state index in [0.717, 1.165) is 0 Å². The quantitative estimate of drug-likeness (QED) is 0.563. The maximum absolute atomic E-state index is 15.0. The van der Waals surface area contributed by atoms with E-state index >= 15 is 0 Å². The number of halogens is 1. The lowest BCUT2D eigenvalue weighted by Gasteiger charge is -2.19. The van der Waals surface area contributed by atoms with E-state index in [0.29, 0.717) is 11.4 Å². The number of aliphatic hydroxyl groups is 1. The van der Waals surface area contributed by atoms with E-state index in [1.807, 2.05) is 0 Å². The molecule has 1 aromatic carbocycles. The van der Waals surface area contributed by atoms with Gasteiger partial charge in [0.25, 0.3) is 0 Å². The molecule has 0 fully saturated rings. The highest BCUT2D eigenvalue weighted by molar-refractivity contribution is 5.83. The molecule has 136 valence electrons. The largest absolute Gasteiger partial charge is 0.368 e. The van der Waals surface area contributed by atoms with E-state index < -0.39 is 12.0 Å². The Kier molecular flexibility index (Phi) is 4.26. The summed E-state index contributed by atoms with van der Waals surface area (Å²) in [6, 6.07) is 4.55. The van der Waals surface area contributed by atoms with E-state index in [9.17, 15) is 9.50 Å². The SMILES string of the molecule is C/C(=C(\c1ccc(-n2cncn2)cc1F)C(O)n1cncn1)n1cncn1. The van der Waals surface area contributed by atoms with Crippen molar-refractivity contribution < 1.29 is 9.50 Å². The minimum Gasteiger partial charge on any atom is -0.368 e. The zero-order chi connectivity index (χ0) is 18.8. The van der Waals surface area contributed by atoms with Crippen LogP contribution in [0.15, 0.2) is 56.2 Å². The number of rotatable bonds is 5. The summed E-state index contributed by atoms with van der Waals surface area (Å²) < 4.78 is 19.1. The van der Waals surface area contributed by atoms with Gasteiger partial charge in [0.05, 0.1) is 5.69 Å². The first-order valence-corrected chi connectivity index (χ1v) is 7.88. The van der Waals surface area contributed by atoms with Crippen LogP contribution in [-0.2, 0) is 0 Å². The maximum Gasteiger partial charge on any atom is 0.177 e. The van der Waals surface area contributed by atoms with Crippen molar-refractivity contribution in [2.75, 3.05) is 0 Å². The Morgan fingerprint density at radius 1 is 1.00 bits per heavy atom. The fourth-order valence-electron chi connectivity index (χ4n) is 2.71. The zero-order valence-electron chi connectivity index (χ0n) is 14.1. The molecule has 0 saturated heterocycles. The van der Waals surface area contributed by atoms with Crippen molar-refractivity contribution in [2.45, 2.75) is 13.2 Å². The van der Waals surface area contributed by atoms with Crippen molar-refractivity contribution >= 4 is 11.3 Å². The van der Waals surface area contributed by atoms with Gasteiger partial charge in [0, 0.05) is 22.9 Å². The molecular formula is C16H14FN9O. The summed E-state index contributed by atoms with van der Waals surface area (Å²) in [4.78, 5) is 11.6. The van der Waals surface area contributed by atoms with Crippen LogP contribution < -0.4 is 0 Å². The lowest BCUT2D eigenvalue weighted by atomic mass is 10.0. The molecule has 1 atom stereocenters. The Labute approximate surface area is 152 Å². The molecule has 0 amide bonds. The van der Waals surface area contributed by atoms with Crippen LogP contribution in [0.5, 0.6) is 0 Å². The summed E-state index contributed by atoms with van der Waals surface area (Å²) in [6.45, 7) is 1.70. The number of hydrogen-bond donors (Lipinski definition) is 1. The second-order valence-electron chi connectivity index (χ2n) is 5.59. The second-order valence-corrected chi connectivity index (χ2v) is 5.59. The molecule has 27 heavy (non-hydrogen) atoms. The first kappa shape index (κ1) is 16.7. The number of aliphatic hydroxyl groups excluding tert-OH is 1. The standard InChI is InChI=1S/C16H14FN9O/c1-11(24-8-18-5-21-24)15(16(27)26-10-20-7-23-26)13-3-2-12(4-14(13)17)25-9-19-6-22-25/h2-10,16,27H,1H3/b15-11-. The van der Waals surface area contributed by atoms with Crippen molar-refractivity contribution in [2.24, 2.45) is 0 Å². The van der Waals surface area contributed by atoms with E-state index in [2.05, 4.69) is 30.2 Å². The van der Waals surface area contributed by atoms with Gasteiger partial charge in [0.2, 0.25) is 0 Å². The lowest BCUT2D eigenvalue weighted by molar-refractivity contribution is 0.149.